The Kier molecular flexibility index (Phi) is 32.4. The minimum absolute atomic E-state index is 0. The second kappa shape index (κ2) is 37.7. The molecule has 5 fully saturated rings. The van der Waals surface area contributed by atoms with E-state index in [9.17, 15) is 43.8 Å². The number of aliphatic hydroxyl groups is 1. The molecule has 0 heterocycles. The lowest BCUT2D eigenvalue weighted by molar-refractivity contribution is 0.197. The van der Waals surface area contributed by atoms with Crippen molar-refractivity contribution in [3.05, 3.63) is 139 Å². The van der Waals surface area contributed by atoms with Gasteiger partial charge in [0, 0.05) is 81.5 Å². The number of aromatic hydroxyl groups is 5. The van der Waals surface area contributed by atoms with E-state index in [4.69, 9.17) is 33.4 Å². The quantitative estimate of drug-likeness (QED) is 0.0727. The predicted molar refractivity (Wildman–Crippen MR) is 440 cm³/mol. The zero-order valence-electron chi connectivity index (χ0n) is 63.4. The van der Waals surface area contributed by atoms with E-state index >= 15 is 0 Å². The molecule has 16 N–H and O–H groups in total. The summed E-state index contributed by atoms with van der Waals surface area (Å²) in [5.41, 5.74) is 43.6. The summed E-state index contributed by atoms with van der Waals surface area (Å²) in [6.45, 7) is 13.2. The number of aliphatic hydroxyl groups excluding tert-OH is 1. The van der Waals surface area contributed by atoms with Crippen LogP contribution in [0, 0.1) is 53.0 Å². The van der Waals surface area contributed by atoms with E-state index in [1.807, 2.05) is 12.1 Å². The molecule has 15 unspecified atom stereocenters. The van der Waals surface area contributed by atoms with Gasteiger partial charge < -0.3 is 64.0 Å². The first kappa shape index (κ1) is 90.4. The third-order valence-electron chi connectivity index (χ3n) is 27.5. The summed E-state index contributed by atoms with van der Waals surface area (Å²) in [6.07, 6.45) is 33.5. The highest BCUT2D eigenvalue weighted by atomic mass is 79.9. The molecule has 0 aromatic heterocycles. The molecule has 5 saturated carbocycles. The van der Waals surface area contributed by atoms with E-state index in [0.29, 0.717) is 35.5 Å². The fourth-order valence-corrected chi connectivity index (χ4v) is 22.4. The van der Waals surface area contributed by atoms with Crippen molar-refractivity contribution in [3.63, 3.8) is 0 Å². The van der Waals surface area contributed by atoms with Crippen LogP contribution in [0.4, 0.5) is 13.2 Å². The summed E-state index contributed by atoms with van der Waals surface area (Å²) < 4.78 is 48.4. The van der Waals surface area contributed by atoms with Crippen LogP contribution in [-0.4, -0.2) is 68.0 Å². The van der Waals surface area contributed by atoms with Gasteiger partial charge in [0.25, 0.3) is 0 Å². The van der Waals surface area contributed by atoms with E-state index in [1.54, 1.807) is 37.4 Å². The first-order chi connectivity index (χ1) is 47.7. The molecule has 0 amide bonds. The van der Waals surface area contributed by atoms with Crippen molar-refractivity contribution in [1.82, 2.24) is 0 Å². The molecule has 5 aromatic carbocycles. The Bertz CT molecular complexity index is 3620. The molecule has 10 aliphatic rings. The molecule has 10 aliphatic carbocycles. The van der Waals surface area contributed by atoms with E-state index in [-0.39, 0.29) is 186 Å². The molecule has 10 bridgehead atoms. The molecule has 20 heteroatoms. The van der Waals surface area contributed by atoms with Gasteiger partial charge in [-0.15, -0.1) is 75.8 Å². The number of phenols is 5. The van der Waals surface area contributed by atoms with E-state index in [0.717, 1.165) is 173 Å². The molecule has 15 rings (SSSR count). The van der Waals surface area contributed by atoms with Crippen molar-refractivity contribution in [2.24, 2.45) is 64.2 Å². The van der Waals surface area contributed by atoms with Crippen molar-refractivity contribution in [2.75, 3.05) is 7.11 Å². The molecule has 12 nitrogen and oxygen atoms in total. The third kappa shape index (κ3) is 17.7. The number of hydrogen-bond acceptors (Lipinski definition) is 12. The molecule has 590 valence electrons. The summed E-state index contributed by atoms with van der Waals surface area (Å²) in [4.78, 5) is 0. The minimum Gasteiger partial charge on any atom is -0.508 e. The van der Waals surface area contributed by atoms with Crippen molar-refractivity contribution in [1.29, 1.82) is 0 Å². The smallest absolute Gasteiger partial charge is 0.130 e. The molecular weight excluding hydrogens is 1570 g/mol. The Hall–Kier alpha value is -3.53. The lowest BCUT2D eigenvalue weighted by Crippen LogP contribution is -2.53. The van der Waals surface area contributed by atoms with Gasteiger partial charge >= 0.3 is 0 Å². The first-order valence-electron chi connectivity index (χ1n) is 38.9. The van der Waals surface area contributed by atoms with Crippen LogP contribution in [0.25, 0.3) is 0 Å². The summed E-state index contributed by atoms with van der Waals surface area (Å²) >= 11 is 0. The summed E-state index contributed by atoms with van der Waals surface area (Å²) in [5.74, 6) is 3.38. The highest BCUT2D eigenvalue weighted by Gasteiger charge is 2.52. The summed E-state index contributed by atoms with van der Waals surface area (Å²) in [7, 11) is 1.68. The predicted octanol–water partition coefficient (Wildman–Crippen LogP) is 19.1. The molecular formula is C85H127Br3Cl2F3N5O7. The first-order valence-corrected chi connectivity index (χ1v) is 38.9. The number of nitrogens with two attached hydrogens (primary N) is 5. The maximum atomic E-state index is 14.4. The molecule has 0 saturated heterocycles. The standard InChI is InChI=1S/C18H26FNO.C17H24FNO.2C17H25NO2.C16H22FNO.3BrH.2ClH/c1-11(2)10-18-6-4-3-5-12(17(18)20)7-14-15(18)8-13(21)9-16(14)19;1-2-6-17-7-4-3-5-11(16(17)19)8-13-14(17)9-12(20)10-15(13)18;1-17-7-5-3-4-6-11(16(17)18)8-13-14(17)9-12(19)10-15(13)20-2;1-17-6-4-2-3-5-11(16(17)18)8-14-12(10-19)7-13(20)9-15(14)17;1-2-16-6-4-3-5-10(15(16)18)7-12-13(16)8-11(19)9-14(12)17;;;;;/h8-9,11-12,17,21H,3-7,10,20H2,1-2H3;9-11,16,20H,2-8,19H2,1H3;9-11,16,19H,3-8,18H2,1-2H3;7,9,11,16,19-20H,2-6,8,10,18H2,1H3;8-10,15,19H,2-7,18H2,1H3;5*1H. The number of hydrogen-bond donors (Lipinski definition) is 11. The third-order valence-corrected chi connectivity index (χ3v) is 27.5. The van der Waals surface area contributed by atoms with Gasteiger partial charge in [0.2, 0.25) is 0 Å². The second-order valence-electron chi connectivity index (χ2n) is 33.7. The van der Waals surface area contributed by atoms with Crippen LogP contribution < -0.4 is 33.4 Å². The number of methoxy groups -OCH3 is 1. The van der Waals surface area contributed by atoms with E-state index in [1.165, 1.54) is 111 Å². The fourth-order valence-electron chi connectivity index (χ4n) is 22.4. The van der Waals surface area contributed by atoms with Crippen LogP contribution in [0.3, 0.4) is 0 Å². The maximum absolute atomic E-state index is 14.4. The van der Waals surface area contributed by atoms with Crippen molar-refractivity contribution >= 4 is 75.8 Å². The number of halogens is 8. The van der Waals surface area contributed by atoms with Gasteiger partial charge in [-0.2, -0.15) is 0 Å². The van der Waals surface area contributed by atoms with Crippen LogP contribution >= 0.6 is 75.8 Å². The average Bonchev–Trinajstić information content (AvgIpc) is 1.68. The Morgan fingerprint density at radius 1 is 0.419 bits per heavy atom. The number of phenolic OH excluding ortho intramolecular Hbond substituents is 5. The molecule has 0 radical (unpaired) electrons. The number of ether oxygens (including phenoxy) is 1. The highest BCUT2D eigenvalue weighted by molar-refractivity contribution is 8.93. The molecule has 5 aromatic rings. The van der Waals surface area contributed by atoms with Crippen molar-refractivity contribution in [3.8, 4) is 34.5 Å². The molecule has 105 heavy (non-hydrogen) atoms. The van der Waals surface area contributed by atoms with Crippen LogP contribution in [0.1, 0.15) is 270 Å². The van der Waals surface area contributed by atoms with Gasteiger partial charge in [-0.1, -0.05) is 125 Å². The minimum atomic E-state index is -0.258. The van der Waals surface area contributed by atoms with Crippen molar-refractivity contribution < 1.29 is 48.5 Å². The fraction of sp³-hybridized carbons (Fsp3) is 0.647. The van der Waals surface area contributed by atoms with Gasteiger partial charge in [0.05, 0.1) is 13.7 Å². The lowest BCUT2D eigenvalue weighted by atomic mass is 9.59. The van der Waals surface area contributed by atoms with E-state index in [2.05, 4.69) is 41.5 Å². The second-order valence-corrected chi connectivity index (χ2v) is 33.7. The number of rotatable bonds is 7. The van der Waals surface area contributed by atoms with Gasteiger partial charge in [-0.05, 0) is 249 Å². The Morgan fingerprint density at radius 2 is 0.743 bits per heavy atom. The van der Waals surface area contributed by atoms with Gasteiger partial charge in [-0.3, -0.25) is 0 Å². The monoisotopic (exact) mass is 1690 g/mol. The maximum Gasteiger partial charge on any atom is 0.130 e. The Balaban J connectivity index is 0.000000203. The topological polar surface area (TPSA) is 261 Å². The largest absolute Gasteiger partial charge is 0.508 e. The van der Waals surface area contributed by atoms with Crippen LogP contribution in [0.15, 0.2) is 60.7 Å². The summed E-state index contributed by atoms with van der Waals surface area (Å²) in [5, 5.41) is 59.1. The number of benzene rings is 5. The van der Waals surface area contributed by atoms with Crippen molar-refractivity contribution in [2.45, 2.75) is 304 Å². The Labute approximate surface area is 669 Å². The summed E-state index contributed by atoms with van der Waals surface area (Å²) in [6, 6.07) is 16.9. The zero-order chi connectivity index (χ0) is 71.8. The Morgan fingerprint density at radius 3 is 1.16 bits per heavy atom. The average molecular weight is 1700 g/mol. The lowest BCUT2D eigenvalue weighted by Gasteiger charge is -2.48. The van der Waals surface area contributed by atoms with Gasteiger partial charge in [-0.25, -0.2) is 13.2 Å². The van der Waals surface area contributed by atoms with E-state index < -0.39 is 0 Å². The SMILES string of the molecule is Br.Br.Br.CC(C)CC12CCCCC(Cc3c(F)cc(O)cc31)C2N.CC12CCCCCC(Cc3c(CO)cc(O)cc31)C2N.CCC12CCCCC(Cc3c(F)cc(O)cc31)C2N.CCCC12CCCCC(Cc3c(F)cc(O)cc31)C2N.COc1cc(O)cc2c1CC1CCCCCC2(C)C1N.Cl.Cl. The molecule has 0 spiro atoms. The van der Waals surface area contributed by atoms with Crippen LogP contribution in [0.2, 0.25) is 0 Å². The van der Waals surface area contributed by atoms with Crippen LogP contribution in [0.5, 0.6) is 34.5 Å². The number of fused-ring (bicyclic) bond motifs is 20. The molecule has 0 aliphatic heterocycles. The highest BCUT2D eigenvalue weighted by Crippen LogP contribution is 2.56. The van der Waals surface area contributed by atoms with Crippen LogP contribution in [-0.2, 0) is 65.8 Å². The normalized spacial score (nSPS) is 31.2. The zero-order valence-corrected chi connectivity index (χ0v) is 70.2. The van der Waals surface area contributed by atoms with Gasteiger partial charge in [0.15, 0.2) is 0 Å². The molecule has 15 atom stereocenters. The van der Waals surface area contributed by atoms with Gasteiger partial charge in [0.1, 0.15) is 51.9 Å².